The second-order valence-corrected chi connectivity index (χ2v) is 5.08. The minimum absolute atomic E-state index is 0.0584. The minimum atomic E-state index is -0.0584. The van der Waals surface area contributed by atoms with Gasteiger partial charge in [0.1, 0.15) is 0 Å². The van der Waals surface area contributed by atoms with E-state index in [1.165, 1.54) is 0 Å². The zero-order chi connectivity index (χ0) is 13.2. The highest BCUT2D eigenvalue weighted by Crippen LogP contribution is 2.14. The molecule has 2 aromatic heterocycles. The highest BCUT2D eigenvalue weighted by Gasteiger charge is 2.05. The largest absolute Gasteiger partial charge is 0.293 e. The fraction of sp³-hybridized carbons (Fsp3) is 0.0714. The Bertz CT molecular complexity index is 784. The summed E-state index contributed by atoms with van der Waals surface area (Å²) < 4.78 is 2.44. The van der Waals surface area contributed by atoms with Crippen LogP contribution in [0.2, 0.25) is 0 Å². The molecule has 2 heterocycles. The summed E-state index contributed by atoms with van der Waals surface area (Å²) in [5, 5.41) is 0.604. The van der Waals surface area contributed by atoms with E-state index in [-0.39, 0.29) is 5.56 Å². The number of aromatic nitrogens is 3. The Morgan fingerprint density at radius 3 is 2.84 bits per heavy atom. The summed E-state index contributed by atoms with van der Waals surface area (Å²) in [7, 11) is 0. The van der Waals surface area contributed by atoms with Crippen molar-refractivity contribution in [2.75, 3.05) is 0 Å². The molecule has 3 rings (SSSR count). The average molecular weight is 316 g/mol. The number of hydrogen-bond acceptors (Lipinski definition) is 3. The standard InChI is InChI=1S/C14H10BrN3O/c15-10-4-5-13-12(7-10)14(19)18(9-17-13)8-11-3-1-2-6-16-11/h1-7,9H,8H2. The smallest absolute Gasteiger partial charge is 0.261 e. The predicted molar refractivity (Wildman–Crippen MR) is 77.0 cm³/mol. The number of rotatable bonds is 2. The monoisotopic (exact) mass is 315 g/mol. The molecule has 1 aromatic carbocycles. The average Bonchev–Trinajstić information content (AvgIpc) is 2.44. The van der Waals surface area contributed by atoms with Crippen molar-refractivity contribution in [2.45, 2.75) is 6.54 Å². The fourth-order valence-corrected chi connectivity index (χ4v) is 2.27. The van der Waals surface area contributed by atoms with Crippen molar-refractivity contribution in [1.82, 2.24) is 14.5 Å². The minimum Gasteiger partial charge on any atom is -0.293 e. The van der Waals surface area contributed by atoms with Crippen LogP contribution >= 0.6 is 15.9 Å². The number of halogens is 1. The molecule has 19 heavy (non-hydrogen) atoms. The quantitative estimate of drug-likeness (QED) is 0.730. The summed E-state index contributed by atoms with van der Waals surface area (Å²) in [4.78, 5) is 20.9. The number of pyridine rings is 1. The summed E-state index contributed by atoms with van der Waals surface area (Å²) in [6, 6.07) is 11.1. The van der Waals surface area contributed by atoms with Gasteiger partial charge in [-0.25, -0.2) is 4.98 Å². The van der Waals surface area contributed by atoms with Crippen LogP contribution in [-0.4, -0.2) is 14.5 Å². The van der Waals surface area contributed by atoms with Gasteiger partial charge >= 0.3 is 0 Å². The van der Waals surface area contributed by atoms with Crippen molar-refractivity contribution in [3.8, 4) is 0 Å². The van der Waals surface area contributed by atoms with Crippen molar-refractivity contribution in [3.63, 3.8) is 0 Å². The molecule has 0 atom stereocenters. The molecule has 0 fully saturated rings. The maximum Gasteiger partial charge on any atom is 0.261 e. The van der Waals surface area contributed by atoms with E-state index < -0.39 is 0 Å². The van der Waals surface area contributed by atoms with Crippen LogP contribution in [0.4, 0.5) is 0 Å². The van der Waals surface area contributed by atoms with Crippen LogP contribution < -0.4 is 5.56 Å². The summed E-state index contributed by atoms with van der Waals surface area (Å²) in [5.74, 6) is 0. The van der Waals surface area contributed by atoms with Crippen molar-refractivity contribution in [3.05, 3.63) is 69.4 Å². The summed E-state index contributed by atoms with van der Waals surface area (Å²) in [5.41, 5.74) is 1.48. The van der Waals surface area contributed by atoms with Crippen LogP contribution in [0.1, 0.15) is 5.69 Å². The maximum atomic E-state index is 12.4. The molecule has 0 aliphatic carbocycles. The molecular weight excluding hydrogens is 306 g/mol. The van der Waals surface area contributed by atoms with E-state index in [0.29, 0.717) is 17.4 Å². The van der Waals surface area contributed by atoms with Gasteiger partial charge in [-0.1, -0.05) is 22.0 Å². The normalized spacial score (nSPS) is 10.8. The fourth-order valence-electron chi connectivity index (χ4n) is 1.91. The third-order valence-electron chi connectivity index (χ3n) is 2.84. The molecule has 0 N–H and O–H groups in total. The third kappa shape index (κ3) is 2.42. The molecule has 5 heteroatoms. The van der Waals surface area contributed by atoms with Crippen molar-refractivity contribution in [2.24, 2.45) is 0 Å². The number of hydrogen-bond donors (Lipinski definition) is 0. The number of fused-ring (bicyclic) bond motifs is 1. The zero-order valence-electron chi connectivity index (χ0n) is 9.95. The second kappa shape index (κ2) is 4.93. The first kappa shape index (κ1) is 12.0. The lowest BCUT2D eigenvalue weighted by atomic mass is 10.2. The molecule has 0 saturated heterocycles. The van der Waals surface area contributed by atoms with E-state index in [0.717, 1.165) is 10.2 Å². The second-order valence-electron chi connectivity index (χ2n) is 4.16. The predicted octanol–water partition coefficient (Wildman–Crippen LogP) is 2.60. The van der Waals surface area contributed by atoms with Gasteiger partial charge in [0.2, 0.25) is 0 Å². The van der Waals surface area contributed by atoms with Gasteiger partial charge in [0.25, 0.3) is 5.56 Å². The van der Waals surface area contributed by atoms with Crippen molar-refractivity contribution >= 4 is 26.8 Å². The van der Waals surface area contributed by atoms with E-state index in [2.05, 4.69) is 25.9 Å². The Kier molecular flexibility index (Phi) is 3.13. The van der Waals surface area contributed by atoms with Crippen LogP contribution in [0.3, 0.4) is 0 Å². The first-order valence-corrected chi connectivity index (χ1v) is 6.58. The zero-order valence-corrected chi connectivity index (χ0v) is 11.5. The van der Waals surface area contributed by atoms with Crippen LogP contribution in [0.25, 0.3) is 10.9 Å². The molecular formula is C14H10BrN3O. The number of nitrogens with zero attached hydrogens (tertiary/aromatic N) is 3. The molecule has 0 unspecified atom stereocenters. The first-order valence-electron chi connectivity index (χ1n) is 5.79. The molecule has 0 radical (unpaired) electrons. The highest BCUT2D eigenvalue weighted by atomic mass is 79.9. The van der Waals surface area contributed by atoms with E-state index >= 15 is 0 Å². The van der Waals surface area contributed by atoms with Gasteiger partial charge in [0.05, 0.1) is 29.5 Å². The van der Waals surface area contributed by atoms with Crippen LogP contribution in [-0.2, 0) is 6.54 Å². The van der Waals surface area contributed by atoms with Crippen LogP contribution in [0.5, 0.6) is 0 Å². The molecule has 0 saturated carbocycles. The van der Waals surface area contributed by atoms with Crippen LogP contribution in [0.15, 0.2) is 58.2 Å². The van der Waals surface area contributed by atoms with Gasteiger partial charge in [0.15, 0.2) is 0 Å². The summed E-state index contributed by atoms with van der Waals surface area (Å²) >= 11 is 3.37. The maximum absolute atomic E-state index is 12.4. The first-order chi connectivity index (χ1) is 9.24. The van der Waals surface area contributed by atoms with E-state index in [1.54, 1.807) is 23.2 Å². The molecule has 94 valence electrons. The Morgan fingerprint density at radius 1 is 1.16 bits per heavy atom. The van der Waals surface area contributed by atoms with E-state index in [4.69, 9.17) is 0 Å². The Hall–Kier alpha value is -2.01. The lowest BCUT2D eigenvalue weighted by Gasteiger charge is -2.06. The molecule has 4 nitrogen and oxygen atoms in total. The molecule has 0 amide bonds. The lowest BCUT2D eigenvalue weighted by molar-refractivity contribution is 0.730. The lowest BCUT2D eigenvalue weighted by Crippen LogP contribution is -2.21. The van der Waals surface area contributed by atoms with Gasteiger partial charge in [-0.2, -0.15) is 0 Å². The SMILES string of the molecule is O=c1c2cc(Br)ccc2ncn1Cc1ccccn1. The molecule has 0 aliphatic heterocycles. The van der Waals surface area contributed by atoms with Crippen LogP contribution in [0, 0.1) is 0 Å². The highest BCUT2D eigenvalue weighted by molar-refractivity contribution is 9.10. The topological polar surface area (TPSA) is 47.8 Å². The van der Waals surface area contributed by atoms with Crippen molar-refractivity contribution < 1.29 is 0 Å². The summed E-state index contributed by atoms with van der Waals surface area (Å²) in [6.45, 7) is 0.426. The van der Waals surface area contributed by atoms with E-state index in [9.17, 15) is 4.79 Å². The Morgan fingerprint density at radius 2 is 2.05 bits per heavy atom. The molecule has 0 bridgehead atoms. The van der Waals surface area contributed by atoms with Crippen molar-refractivity contribution in [1.29, 1.82) is 0 Å². The third-order valence-corrected chi connectivity index (χ3v) is 3.34. The molecule has 0 aliphatic rings. The molecule has 0 spiro atoms. The van der Waals surface area contributed by atoms with Gasteiger partial charge in [-0.05, 0) is 30.3 Å². The van der Waals surface area contributed by atoms with Gasteiger partial charge < -0.3 is 0 Å². The van der Waals surface area contributed by atoms with Gasteiger partial charge in [0, 0.05) is 10.7 Å². The number of benzene rings is 1. The van der Waals surface area contributed by atoms with E-state index in [1.807, 2.05) is 30.3 Å². The Balaban J connectivity index is 2.10. The molecule has 3 aromatic rings. The van der Waals surface area contributed by atoms with Gasteiger partial charge in [-0.3, -0.25) is 14.3 Å². The summed E-state index contributed by atoms with van der Waals surface area (Å²) in [6.07, 6.45) is 3.28. The Labute approximate surface area is 117 Å². The van der Waals surface area contributed by atoms with Gasteiger partial charge in [-0.15, -0.1) is 0 Å².